The molecule has 1 fully saturated rings. The molecule has 0 saturated carbocycles. The Morgan fingerprint density at radius 2 is 2.14 bits per heavy atom. The van der Waals surface area contributed by atoms with E-state index in [1.165, 1.54) is 9.13 Å². The summed E-state index contributed by atoms with van der Waals surface area (Å²) in [5.41, 5.74) is 3.56. The highest BCUT2D eigenvalue weighted by Crippen LogP contribution is 2.26. The van der Waals surface area contributed by atoms with Gasteiger partial charge >= 0.3 is 0 Å². The predicted molar refractivity (Wildman–Crippen MR) is 98.0 cm³/mol. The first-order chi connectivity index (χ1) is 10.6. The zero-order valence-corrected chi connectivity index (χ0v) is 15.4. The van der Waals surface area contributed by atoms with Crippen LogP contribution in [0.5, 0.6) is 5.75 Å². The molecule has 4 heteroatoms. The molecule has 0 N–H and O–H groups in total. The highest BCUT2D eigenvalue weighted by atomic mass is 127. The molecule has 0 spiro atoms. The summed E-state index contributed by atoms with van der Waals surface area (Å²) in [5, 5.41) is 0.821. The molecule has 2 aromatic rings. The second kappa shape index (κ2) is 7.20. The molecular weight excluding hydrogens is 411 g/mol. The monoisotopic (exact) mass is 428 g/mol. The van der Waals surface area contributed by atoms with E-state index in [4.69, 9.17) is 21.1 Å². The van der Waals surface area contributed by atoms with Crippen LogP contribution in [0.15, 0.2) is 36.4 Å². The van der Waals surface area contributed by atoms with Crippen molar-refractivity contribution < 1.29 is 9.47 Å². The minimum atomic E-state index is 0.190. The summed E-state index contributed by atoms with van der Waals surface area (Å²) < 4.78 is 12.6. The predicted octanol–water partition coefficient (Wildman–Crippen LogP) is 5.01. The standard InChI is InChI=1S/C18H18ClIO2/c1-12-8-13(9-14-10-15(20)3-4-17(14)19)2-5-18(12)22-16-6-7-21-11-16/h2-5,8,10,16H,6-7,9,11H2,1H3/t16-/m0/s1. The maximum atomic E-state index is 6.29. The van der Waals surface area contributed by atoms with Crippen molar-refractivity contribution in [1.82, 2.24) is 0 Å². The van der Waals surface area contributed by atoms with Crippen molar-refractivity contribution in [1.29, 1.82) is 0 Å². The summed E-state index contributed by atoms with van der Waals surface area (Å²) in [6.45, 7) is 3.58. The van der Waals surface area contributed by atoms with E-state index in [-0.39, 0.29) is 6.10 Å². The van der Waals surface area contributed by atoms with Crippen molar-refractivity contribution in [2.45, 2.75) is 25.9 Å². The molecule has 0 unspecified atom stereocenters. The van der Waals surface area contributed by atoms with Crippen LogP contribution in [0.3, 0.4) is 0 Å². The van der Waals surface area contributed by atoms with Crippen LogP contribution >= 0.6 is 34.2 Å². The molecule has 3 rings (SSSR count). The SMILES string of the molecule is Cc1cc(Cc2cc(I)ccc2Cl)ccc1O[C@H]1CCOC1. The summed E-state index contributed by atoms with van der Waals surface area (Å²) in [6.07, 6.45) is 2.00. The summed E-state index contributed by atoms with van der Waals surface area (Å²) >= 11 is 8.60. The average Bonchev–Trinajstić information content (AvgIpc) is 2.99. The van der Waals surface area contributed by atoms with E-state index < -0.39 is 0 Å². The summed E-state index contributed by atoms with van der Waals surface area (Å²) in [6, 6.07) is 12.5. The topological polar surface area (TPSA) is 18.5 Å². The van der Waals surface area contributed by atoms with Gasteiger partial charge in [0, 0.05) is 15.0 Å². The van der Waals surface area contributed by atoms with E-state index in [0.717, 1.165) is 41.3 Å². The molecule has 0 aromatic heterocycles. The Labute approximate surface area is 149 Å². The molecule has 1 aliphatic heterocycles. The van der Waals surface area contributed by atoms with E-state index in [1.807, 2.05) is 12.1 Å². The molecule has 2 aromatic carbocycles. The lowest BCUT2D eigenvalue weighted by Gasteiger charge is -2.15. The number of hydrogen-bond acceptors (Lipinski definition) is 2. The molecule has 116 valence electrons. The van der Waals surface area contributed by atoms with Crippen molar-refractivity contribution in [3.63, 3.8) is 0 Å². The smallest absolute Gasteiger partial charge is 0.124 e. The van der Waals surface area contributed by atoms with Crippen molar-refractivity contribution in [3.8, 4) is 5.75 Å². The lowest BCUT2D eigenvalue weighted by atomic mass is 10.0. The van der Waals surface area contributed by atoms with Gasteiger partial charge in [-0.05, 0) is 76.9 Å². The lowest BCUT2D eigenvalue weighted by molar-refractivity contribution is 0.141. The normalized spacial score (nSPS) is 17.7. The second-order valence-electron chi connectivity index (χ2n) is 5.62. The van der Waals surface area contributed by atoms with E-state index in [9.17, 15) is 0 Å². The molecule has 0 radical (unpaired) electrons. The highest BCUT2D eigenvalue weighted by molar-refractivity contribution is 14.1. The zero-order chi connectivity index (χ0) is 15.5. The molecule has 1 heterocycles. The third-order valence-corrected chi connectivity index (χ3v) is 4.86. The molecule has 1 atom stereocenters. The molecule has 22 heavy (non-hydrogen) atoms. The summed E-state index contributed by atoms with van der Waals surface area (Å²) in [5.74, 6) is 0.952. The first-order valence-electron chi connectivity index (χ1n) is 7.39. The number of rotatable bonds is 4. The minimum absolute atomic E-state index is 0.190. The van der Waals surface area contributed by atoms with Gasteiger partial charge in [-0.2, -0.15) is 0 Å². The zero-order valence-electron chi connectivity index (χ0n) is 12.4. The van der Waals surface area contributed by atoms with Crippen LogP contribution in [0.1, 0.15) is 23.1 Å². The fraction of sp³-hybridized carbons (Fsp3) is 0.333. The largest absolute Gasteiger partial charge is 0.488 e. The number of aryl methyl sites for hydroxylation is 1. The summed E-state index contributed by atoms with van der Waals surface area (Å²) in [4.78, 5) is 0. The Morgan fingerprint density at radius 1 is 1.27 bits per heavy atom. The Balaban J connectivity index is 1.75. The number of hydrogen-bond donors (Lipinski definition) is 0. The van der Waals surface area contributed by atoms with Crippen LogP contribution in [0.25, 0.3) is 0 Å². The van der Waals surface area contributed by atoms with Crippen LogP contribution in [-0.4, -0.2) is 19.3 Å². The third kappa shape index (κ3) is 3.94. The first-order valence-corrected chi connectivity index (χ1v) is 8.85. The third-order valence-electron chi connectivity index (χ3n) is 3.82. The van der Waals surface area contributed by atoms with Crippen molar-refractivity contribution in [2.24, 2.45) is 0 Å². The Hall–Kier alpha value is -0.780. The quantitative estimate of drug-likeness (QED) is 0.637. The molecule has 0 aliphatic carbocycles. The van der Waals surface area contributed by atoms with Gasteiger partial charge in [0.1, 0.15) is 11.9 Å². The molecule has 1 aliphatic rings. The fourth-order valence-electron chi connectivity index (χ4n) is 2.64. The van der Waals surface area contributed by atoms with Crippen molar-refractivity contribution in [3.05, 3.63) is 61.7 Å². The fourth-order valence-corrected chi connectivity index (χ4v) is 3.38. The van der Waals surface area contributed by atoms with Crippen molar-refractivity contribution >= 4 is 34.2 Å². The van der Waals surface area contributed by atoms with Gasteiger partial charge < -0.3 is 9.47 Å². The van der Waals surface area contributed by atoms with Crippen LogP contribution in [-0.2, 0) is 11.2 Å². The maximum Gasteiger partial charge on any atom is 0.124 e. The van der Waals surface area contributed by atoms with Crippen LogP contribution in [0.4, 0.5) is 0 Å². The number of benzene rings is 2. The van der Waals surface area contributed by atoms with Crippen molar-refractivity contribution in [2.75, 3.05) is 13.2 Å². The van der Waals surface area contributed by atoms with Crippen LogP contribution in [0, 0.1) is 10.5 Å². The lowest BCUT2D eigenvalue weighted by Crippen LogP contribution is -2.16. The van der Waals surface area contributed by atoms with Gasteiger partial charge in [-0.15, -0.1) is 0 Å². The maximum absolute atomic E-state index is 6.29. The summed E-state index contributed by atoms with van der Waals surface area (Å²) in [7, 11) is 0. The van der Waals surface area contributed by atoms with Gasteiger partial charge in [0.05, 0.1) is 13.2 Å². The molecule has 2 nitrogen and oxygen atoms in total. The van der Waals surface area contributed by atoms with Crippen LogP contribution in [0.2, 0.25) is 5.02 Å². The Kier molecular flexibility index (Phi) is 5.26. The molecule has 1 saturated heterocycles. The van der Waals surface area contributed by atoms with E-state index in [1.54, 1.807) is 0 Å². The number of ether oxygens (including phenoxy) is 2. The number of halogens is 2. The first kappa shape index (κ1) is 16.1. The minimum Gasteiger partial charge on any atom is -0.488 e. The van der Waals surface area contributed by atoms with Gasteiger partial charge in [0.2, 0.25) is 0 Å². The van der Waals surface area contributed by atoms with Gasteiger partial charge in [-0.25, -0.2) is 0 Å². The molecule has 0 amide bonds. The van der Waals surface area contributed by atoms with Crippen LogP contribution < -0.4 is 4.74 Å². The second-order valence-corrected chi connectivity index (χ2v) is 7.27. The van der Waals surface area contributed by atoms with E-state index in [0.29, 0.717) is 6.61 Å². The van der Waals surface area contributed by atoms with Gasteiger partial charge in [0.25, 0.3) is 0 Å². The van der Waals surface area contributed by atoms with E-state index >= 15 is 0 Å². The molecule has 0 bridgehead atoms. The Bertz CT molecular complexity index is 666. The average molecular weight is 429 g/mol. The highest BCUT2D eigenvalue weighted by Gasteiger charge is 2.18. The van der Waals surface area contributed by atoms with Gasteiger partial charge in [-0.3, -0.25) is 0 Å². The Morgan fingerprint density at radius 3 is 2.86 bits per heavy atom. The van der Waals surface area contributed by atoms with Gasteiger partial charge in [-0.1, -0.05) is 23.7 Å². The molecular formula is C18H18ClIO2. The van der Waals surface area contributed by atoms with E-state index in [2.05, 4.69) is 53.8 Å². The van der Waals surface area contributed by atoms with Gasteiger partial charge in [0.15, 0.2) is 0 Å².